The number of carbonyl (C=O) groups is 2. The summed E-state index contributed by atoms with van der Waals surface area (Å²) in [5.41, 5.74) is 2.35. The van der Waals surface area contributed by atoms with Crippen molar-refractivity contribution in [3.05, 3.63) is 59.4 Å². The van der Waals surface area contributed by atoms with Gasteiger partial charge < -0.3 is 24.8 Å². The second-order valence-corrected chi connectivity index (χ2v) is 6.98. The van der Waals surface area contributed by atoms with Gasteiger partial charge in [-0.1, -0.05) is 30.3 Å². The van der Waals surface area contributed by atoms with Crippen LogP contribution in [0.4, 0.5) is 10.5 Å². The van der Waals surface area contributed by atoms with E-state index in [4.69, 9.17) is 9.47 Å². The Morgan fingerprint density at radius 2 is 2.03 bits per heavy atom. The highest BCUT2D eigenvalue weighted by atomic mass is 16.5. The molecule has 1 fully saturated rings. The molecule has 29 heavy (non-hydrogen) atoms. The van der Waals surface area contributed by atoms with Gasteiger partial charge in [-0.15, -0.1) is 0 Å². The molecule has 1 saturated heterocycles. The largest absolute Gasteiger partial charge is 0.477 e. The molecule has 1 aliphatic rings. The topological polar surface area (TPSA) is 101 Å². The number of methoxy groups -OCH3 is 1. The summed E-state index contributed by atoms with van der Waals surface area (Å²) in [6, 6.07) is 12.7. The molecule has 1 aromatic heterocycles. The Balaban J connectivity index is 1.59. The maximum atomic E-state index is 12.2. The Hall–Kier alpha value is -3.13. The zero-order chi connectivity index (χ0) is 20.8. The minimum Gasteiger partial charge on any atom is -0.477 e. The van der Waals surface area contributed by atoms with Gasteiger partial charge in [0.05, 0.1) is 12.1 Å². The Morgan fingerprint density at radius 3 is 2.72 bits per heavy atom. The van der Waals surface area contributed by atoms with Crippen molar-refractivity contribution in [1.82, 2.24) is 10.3 Å². The summed E-state index contributed by atoms with van der Waals surface area (Å²) in [5, 5.41) is 12.1. The molecule has 1 aromatic carbocycles. The highest BCUT2D eigenvalue weighted by molar-refractivity contribution is 5.86. The fourth-order valence-electron chi connectivity index (χ4n) is 3.41. The number of anilines is 1. The van der Waals surface area contributed by atoms with E-state index < -0.39 is 12.1 Å². The van der Waals surface area contributed by atoms with Crippen molar-refractivity contribution in [3.63, 3.8) is 0 Å². The third-order valence-electron chi connectivity index (χ3n) is 4.90. The third kappa shape index (κ3) is 5.45. The van der Waals surface area contributed by atoms with Crippen LogP contribution in [0.15, 0.2) is 42.5 Å². The predicted molar refractivity (Wildman–Crippen MR) is 107 cm³/mol. The first-order valence-corrected chi connectivity index (χ1v) is 9.43. The van der Waals surface area contributed by atoms with E-state index in [1.807, 2.05) is 41.3 Å². The van der Waals surface area contributed by atoms with Gasteiger partial charge >= 0.3 is 12.1 Å². The van der Waals surface area contributed by atoms with Gasteiger partial charge in [0, 0.05) is 31.6 Å². The number of piperidine rings is 1. The van der Waals surface area contributed by atoms with Crippen LogP contribution >= 0.6 is 0 Å². The van der Waals surface area contributed by atoms with Gasteiger partial charge in [0.2, 0.25) is 0 Å². The number of aromatic nitrogens is 1. The lowest BCUT2D eigenvalue weighted by Gasteiger charge is -2.39. The molecular formula is C21H25N3O5. The lowest BCUT2D eigenvalue weighted by Crippen LogP contribution is -2.55. The Bertz CT molecular complexity index is 859. The summed E-state index contributed by atoms with van der Waals surface area (Å²) in [4.78, 5) is 29.5. The number of carbonyl (C=O) groups excluding carboxylic acids is 1. The van der Waals surface area contributed by atoms with Crippen LogP contribution < -0.4 is 10.2 Å². The van der Waals surface area contributed by atoms with Crippen LogP contribution in [0.2, 0.25) is 0 Å². The number of hydrogen-bond acceptors (Lipinski definition) is 6. The first-order chi connectivity index (χ1) is 14.0. The highest BCUT2D eigenvalue weighted by Crippen LogP contribution is 2.23. The molecule has 2 unspecified atom stereocenters. The van der Waals surface area contributed by atoms with Gasteiger partial charge in [0.15, 0.2) is 5.69 Å². The molecule has 0 saturated carbocycles. The Morgan fingerprint density at radius 1 is 1.28 bits per heavy atom. The van der Waals surface area contributed by atoms with Gasteiger partial charge in [0.25, 0.3) is 0 Å². The summed E-state index contributed by atoms with van der Waals surface area (Å²) < 4.78 is 10.9. The summed E-state index contributed by atoms with van der Waals surface area (Å²) in [6.07, 6.45) is -0.0973. The number of aromatic carboxylic acids is 1. The molecule has 3 rings (SSSR count). The maximum Gasteiger partial charge on any atom is 0.407 e. The van der Waals surface area contributed by atoms with E-state index in [9.17, 15) is 14.7 Å². The summed E-state index contributed by atoms with van der Waals surface area (Å²) >= 11 is 0. The zero-order valence-electron chi connectivity index (χ0n) is 16.5. The molecule has 0 bridgehead atoms. The first kappa shape index (κ1) is 20.6. The molecule has 154 valence electrons. The van der Waals surface area contributed by atoms with Crippen molar-refractivity contribution in [2.45, 2.75) is 32.1 Å². The molecule has 0 aliphatic carbocycles. The molecule has 2 heterocycles. The van der Waals surface area contributed by atoms with Gasteiger partial charge in [0.1, 0.15) is 6.61 Å². The highest BCUT2D eigenvalue weighted by Gasteiger charge is 2.31. The van der Waals surface area contributed by atoms with Gasteiger partial charge in [-0.3, -0.25) is 0 Å². The summed E-state index contributed by atoms with van der Waals surface area (Å²) in [5.74, 6) is -1.06. The molecule has 8 heteroatoms. The second kappa shape index (κ2) is 9.38. The van der Waals surface area contributed by atoms with E-state index in [1.54, 1.807) is 20.1 Å². The van der Waals surface area contributed by atoms with Gasteiger partial charge in [-0.25, -0.2) is 14.6 Å². The van der Waals surface area contributed by atoms with Crippen LogP contribution in [0.1, 0.15) is 28.2 Å². The van der Waals surface area contributed by atoms with E-state index >= 15 is 0 Å². The minimum absolute atomic E-state index is 0.0127. The predicted octanol–water partition coefficient (Wildman–Crippen LogP) is 2.61. The molecule has 0 radical (unpaired) electrons. The lowest BCUT2D eigenvalue weighted by molar-refractivity contribution is 0.0546. The van der Waals surface area contributed by atoms with Crippen LogP contribution in [0.25, 0.3) is 0 Å². The van der Waals surface area contributed by atoms with E-state index in [2.05, 4.69) is 10.3 Å². The van der Waals surface area contributed by atoms with Crippen LogP contribution in [0.5, 0.6) is 0 Å². The Labute approximate surface area is 169 Å². The first-order valence-electron chi connectivity index (χ1n) is 9.43. The molecular weight excluding hydrogens is 374 g/mol. The number of rotatable bonds is 6. The summed E-state index contributed by atoms with van der Waals surface area (Å²) in [6.45, 7) is 3.13. The SMILES string of the molecule is COC1CN(c2cc(C)nc(C(=O)O)c2)CCC1NC(=O)OCc1ccccc1. The monoisotopic (exact) mass is 399 g/mol. The quantitative estimate of drug-likeness (QED) is 0.770. The average Bonchev–Trinajstić information content (AvgIpc) is 2.72. The third-order valence-corrected chi connectivity index (χ3v) is 4.90. The number of amides is 1. The van der Waals surface area contributed by atoms with Crippen molar-refractivity contribution >= 4 is 17.7 Å². The molecule has 1 amide bonds. The van der Waals surface area contributed by atoms with Gasteiger partial charge in [-0.2, -0.15) is 0 Å². The molecule has 8 nitrogen and oxygen atoms in total. The van der Waals surface area contributed by atoms with Crippen molar-refractivity contribution in [2.75, 3.05) is 25.1 Å². The minimum atomic E-state index is -1.06. The number of nitrogens with zero attached hydrogens (tertiary/aromatic N) is 2. The maximum absolute atomic E-state index is 12.2. The Kier molecular flexibility index (Phi) is 6.66. The number of benzene rings is 1. The number of aryl methyl sites for hydroxylation is 1. The van der Waals surface area contributed by atoms with Crippen molar-refractivity contribution in [3.8, 4) is 0 Å². The van der Waals surface area contributed by atoms with Crippen LogP contribution in [-0.4, -0.2) is 54.5 Å². The van der Waals surface area contributed by atoms with E-state index in [0.29, 0.717) is 25.2 Å². The molecule has 1 aliphatic heterocycles. The number of nitrogens with one attached hydrogen (secondary N) is 1. The number of carboxylic acids is 1. The van der Waals surface area contributed by atoms with E-state index in [-0.39, 0.29) is 24.4 Å². The zero-order valence-corrected chi connectivity index (χ0v) is 16.5. The number of carboxylic acid groups (broad SMARTS) is 1. The normalized spacial score (nSPS) is 18.9. The van der Waals surface area contributed by atoms with E-state index in [1.165, 1.54) is 0 Å². The number of ether oxygens (including phenoxy) is 2. The van der Waals surface area contributed by atoms with Crippen molar-refractivity contribution in [1.29, 1.82) is 0 Å². The van der Waals surface area contributed by atoms with Crippen molar-refractivity contribution in [2.24, 2.45) is 0 Å². The fourth-order valence-corrected chi connectivity index (χ4v) is 3.41. The lowest BCUT2D eigenvalue weighted by atomic mass is 10.0. The van der Waals surface area contributed by atoms with Crippen LogP contribution in [0, 0.1) is 6.92 Å². The average molecular weight is 399 g/mol. The molecule has 2 atom stereocenters. The number of pyridine rings is 1. The van der Waals surface area contributed by atoms with Crippen LogP contribution in [0.3, 0.4) is 0 Å². The van der Waals surface area contributed by atoms with Crippen molar-refractivity contribution < 1.29 is 24.2 Å². The standard InChI is InChI=1S/C21H25N3O5/c1-14-10-16(11-18(22-14)20(25)26)24-9-8-17(19(12-24)28-2)23-21(27)29-13-15-6-4-3-5-7-15/h3-7,10-11,17,19H,8-9,12-13H2,1-2H3,(H,23,27)(H,25,26). The molecule has 2 N–H and O–H groups in total. The number of hydrogen-bond donors (Lipinski definition) is 2. The van der Waals surface area contributed by atoms with Gasteiger partial charge in [-0.05, 0) is 31.0 Å². The molecule has 2 aromatic rings. The summed E-state index contributed by atoms with van der Waals surface area (Å²) in [7, 11) is 1.60. The fraction of sp³-hybridized carbons (Fsp3) is 0.381. The molecule has 0 spiro atoms. The number of alkyl carbamates (subject to hydrolysis) is 1. The smallest absolute Gasteiger partial charge is 0.407 e. The second-order valence-electron chi connectivity index (χ2n) is 6.98. The van der Waals surface area contributed by atoms with Crippen LogP contribution in [-0.2, 0) is 16.1 Å². The van der Waals surface area contributed by atoms with E-state index in [0.717, 1.165) is 11.3 Å².